The number of nitrogens with one attached hydrogen (secondary N) is 1. The maximum Gasteiger partial charge on any atom is 0.249 e. The van der Waals surface area contributed by atoms with Gasteiger partial charge in [-0.25, -0.2) is 0 Å². The fourth-order valence-corrected chi connectivity index (χ4v) is 8.14. The van der Waals surface area contributed by atoms with E-state index < -0.39 is 36.9 Å². The molecule has 4 unspecified atom stereocenters. The molecular weight excluding hydrogens is 743 g/mol. The third-order valence-electron chi connectivity index (χ3n) is 12.3. The van der Waals surface area contributed by atoms with Crippen LogP contribution in [0.5, 0.6) is 0 Å². The van der Waals surface area contributed by atoms with Gasteiger partial charge >= 0.3 is 0 Å². The molecule has 0 radical (unpaired) electrons. The second-order valence-electron chi connectivity index (χ2n) is 18.2. The van der Waals surface area contributed by atoms with Crippen LogP contribution in [-0.2, 0) is 4.79 Å². The molecule has 0 aromatic heterocycles. The lowest BCUT2D eigenvalue weighted by molar-refractivity contribution is -0.132. The smallest absolute Gasteiger partial charge is 0.249 e. The van der Waals surface area contributed by atoms with Crippen LogP contribution in [-0.4, -0.2) is 57.3 Å². The average Bonchev–Trinajstić information content (AvgIpc) is 3.25. The maximum absolute atomic E-state index is 12.5. The summed E-state index contributed by atoms with van der Waals surface area (Å²) in [6, 6.07) is -1.01. The van der Waals surface area contributed by atoms with Crippen molar-refractivity contribution in [3.8, 4) is 0 Å². The van der Waals surface area contributed by atoms with Gasteiger partial charge in [-0.2, -0.15) is 0 Å². The van der Waals surface area contributed by atoms with Crippen molar-refractivity contribution in [3.63, 3.8) is 0 Å². The van der Waals surface area contributed by atoms with E-state index in [1.165, 1.54) is 186 Å². The number of unbranched alkanes of at least 4 members (excludes halogenated alkanes) is 33. The Labute approximate surface area is 373 Å². The van der Waals surface area contributed by atoms with E-state index in [0.29, 0.717) is 12.8 Å². The molecule has 5 N–H and O–H groups in total. The third kappa shape index (κ3) is 41.9. The lowest BCUT2D eigenvalue weighted by atomic mass is 10.00. The van der Waals surface area contributed by atoms with E-state index in [9.17, 15) is 25.2 Å². The Bertz CT molecular complexity index is 950. The molecule has 0 aliphatic rings. The van der Waals surface area contributed by atoms with Crippen molar-refractivity contribution in [1.29, 1.82) is 0 Å². The molecule has 6 heteroatoms. The number of aliphatic hydroxyl groups is 4. The van der Waals surface area contributed by atoms with Crippen LogP contribution in [0.3, 0.4) is 0 Å². The molecule has 0 aromatic rings. The number of hydrogen-bond donors (Lipinski definition) is 5. The summed E-state index contributed by atoms with van der Waals surface area (Å²) in [4.78, 5) is 12.5. The standard InChI is InChI=1S/C54H103NO5/c1-3-5-7-9-11-13-15-17-19-21-22-23-24-25-26-27-28-29-30-31-32-34-35-37-39-41-43-45-47-51(57)53(59)50(49-56)55-54(60)52(58)48-46-44-42-40-38-36-33-20-18-16-14-12-10-8-6-4-2/h12,14,18,20,39,41,50-53,56-59H,3-11,13,15-17,19,21-38,40,42-49H2,1-2H3,(H,55,60)/b14-12-,20-18-,41-39+. The zero-order valence-corrected chi connectivity index (χ0v) is 40.0. The highest BCUT2D eigenvalue weighted by molar-refractivity contribution is 5.80. The molecule has 60 heavy (non-hydrogen) atoms. The topological polar surface area (TPSA) is 110 Å². The van der Waals surface area contributed by atoms with E-state index in [4.69, 9.17) is 0 Å². The van der Waals surface area contributed by atoms with Crippen LogP contribution < -0.4 is 5.32 Å². The minimum Gasteiger partial charge on any atom is -0.394 e. The summed E-state index contributed by atoms with van der Waals surface area (Å²) in [6.45, 7) is 4.03. The first-order valence-electron chi connectivity index (χ1n) is 26.4. The van der Waals surface area contributed by atoms with Crippen LogP contribution in [0, 0.1) is 0 Å². The second-order valence-corrected chi connectivity index (χ2v) is 18.2. The number of aliphatic hydroxyl groups excluding tert-OH is 4. The van der Waals surface area contributed by atoms with Gasteiger partial charge in [0.25, 0.3) is 0 Å². The van der Waals surface area contributed by atoms with Crippen molar-refractivity contribution in [2.75, 3.05) is 6.61 Å². The van der Waals surface area contributed by atoms with Gasteiger partial charge in [-0.15, -0.1) is 0 Å². The normalized spacial score (nSPS) is 14.2. The van der Waals surface area contributed by atoms with Gasteiger partial charge in [0.1, 0.15) is 12.2 Å². The van der Waals surface area contributed by atoms with E-state index in [1.54, 1.807) is 0 Å². The van der Waals surface area contributed by atoms with Gasteiger partial charge in [0, 0.05) is 0 Å². The Balaban J connectivity index is 3.66. The fourth-order valence-electron chi connectivity index (χ4n) is 8.14. The molecule has 0 aliphatic carbocycles. The number of rotatable bonds is 48. The molecule has 0 bridgehead atoms. The Morgan fingerprint density at radius 1 is 0.417 bits per heavy atom. The van der Waals surface area contributed by atoms with Crippen LogP contribution in [0.2, 0.25) is 0 Å². The van der Waals surface area contributed by atoms with Crippen molar-refractivity contribution >= 4 is 5.91 Å². The largest absolute Gasteiger partial charge is 0.394 e. The summed E-state index contributed by atoms with van der Waals surface area (Å²) in [5.74, 6) is -0.601. The molecule has 0 saturated carbocycles. The Morgan fingerprint density at radius 3 is 1.13 bits per heavy atom. The van der Waals surface area contributed by atoms with Gasteiger partial charge in [-0.1, -0.05) is 237 Å². The minimum atomic E-state index is -1.29. The molecule has 6 nitrogen and oxygen atoms in total. The Morgan fingerprint density at radius 2 is 0.733 bits per heavy atom. The molecule has 0 rings (SSSR count). The van der Waals surface area contributed by atoms with Crippen molar-refractivity contribution in [1.82, 2.24) is 5.32 Å². The van der Waals surface area contributed by atoms with Crippen molar-refractivity contribution < 1.29 is 25.2 Å². The molecule has 0 spiro atoms. The summed E-state index contributed by atoms with van der Waals surface area (Å²) >= 11 is 0. The molecule has 0 aliphatic heterocycles. The SMILES string of the molecule is CCCCC/C=C\C/C=C\CCCCCCCCC(O)C(=O)NC(CO)C(O)C(O)CCC/C=C/CCCCCCCCCCCCCCCCCCCCCCCCC. The van der Waals surface area contributed by atoms with Crippen LogP contribution >= 0.6 is 0 Å². The Kier molecular flexibility index (Phi) is 47.4. The van der Waals surface area contributed by atoms with Crippen molar-refractivity contribution in [3.05, 3.63) is 36.5 Å². The number of allylic oxidation sites excluding steroid dienone is 6. The van der Waals surface area contributed by atoms with Gasteiger partial charge in [-0.05, 0) is 70.6 Å². The van der Waals surface area contributed by atoms with Gasteiger partial charge < -0.3 is 25.7 Å². The fraction of sp³-hybridized carbons (Fsp3) is 0.870. The third-order valence-corrected chi connectivity index (χ3v) is 12.3. The van der Waals surface area contributed by atoms with E-state index in [-0.39, 0.29) is 0 Å². The molecular formula is C54H103NO5. The van der Waals surface area contributed by atoms with E-state index in [2.05, 4.69) is 55.6 Å². The summed E-state index contributed by atoms with van der Waals surface area (Å²) in [5.41, 5.74) is 0. The summed E-state index contributed by atoms with van der Waals surface area (Å²) < 4.78 is 0. The predicted molar refractivity (Wildman–Crippen MR) is 260 cm³/mol. The average molecular weight is 846 g/mol. The van der Waals surface area contributed by atoms with E-state index in [1.807, 2.05) is 0 Å². The second kappa shape index (κ2) is 48.6. The predicted octanol–water partition coefficient (Wildman–Crippen LogP) is 14.9. The molecule has 0 saturated heterocycles. The highest BCUT2D eigenvalue weighted by Gasteiger charge is 2.28. The number of hydrogen-bond acceptors (Lipinski definition) is 5. The van der Waals surface area contributed by atoms with Crippen molar-refractivity contribution in [2.24, 2.45) is 0 Å². The lowest BCUT2D eigenvalue weighted by Gasteiger charge is -2.27. The molecule has 0 heterocycles. The van der Waals surface area contributed by atoms with Gasteiger partial charge in [0.05, 0.1) is 18.8 Å². The summed E-state index contributed by atoms with van der Waals surface area (Å²) in [7, 11) is 0. The molecule has 1 amide bonds. The minimum absolute atomic E-state index is 0.350. The number of carbonyl (C=O) groups excluding carboxylic acids is 1. The first kappa shape index (κ1) is 58.5. The summed E-state index contributed by atoms with van der Waals surface area (Å²) in [6.07, 6.45) is 59.2. The zero-order chi connectivity index (χ0) is 43.8. The lowest BCUT2D eigenvalue weighted by Crippen LogP contribution is -2.53. The highest BCUT2D eigenvalue weighted by atomic mass is 16.3. The number of amides is 1. The molecule has 4 atom stereocenters. The van der Waals surface area contributed by atoms with E-state index in [0.717, 1.165) is 57.8 Å². The van der Waals surface area contributed by atoms with Crippen LogP contribution in [0.4, 0.5) is 0 Å². The number of carbonyl (C=O) groups is 1. The first-order valence-corrected chi connectivity index (χ1v) is 26.4. The molecule has 354 valence electrons. The zero-order valence-electron chi connectivity index (χ0n) is 40.0. The molecule has 0 aromatic carbocycles. The Hall–Kier alpha value is -1.47. The van der Waals surface area contributed by atoms with Gasteiger partial charge in [0.15, 0.2) is 0 Å². The monoisotopic (exact) mass is 846 g/mol. The van der Waals surface area contributed by atoms with Gasteiger partial charge in [0.2, 0.25) is 5.91 Å². The first-order chi connectivity index (χ1) is 29.5. The van der Waals surface area contributed by atoms with E-state index >= 15 is 0 Å². The van der Waals surface area contributed by atoms with Crippen LogP contribution in [0.1, 0.15) is 271 Å². The maximum atomic E-state index is 12.5. The van der Waals surface area contributed by atoms with Gasteiger partial charge in [-0.3, -0.25) is 4.79 Å². The van der Waals surface area contributed by atoms with Crippen molar-refractivity contribution in [2.45, 2.75) is 295 Å². The van der Waals surface area contributed by atoms with Crippen LogP contribution in [0.15, 0.2) is 36.5 Å². The van der Waals surface area contributed by atoms with Crippen LogP contribution in [0.25, 0.3) is 0 Å². The highest BCUT2D eigenvalue weighted by Crippen LogP contribution is 2.17. The summed E-state index contributed by atoms with van der Waals surface area (Å²) in [5, 5.41) is 43.8. The molecule has 0 fully saturated rings. The quantitative estimate of drug-likeness (QED) is 0.0309.